The Hall–Kier alpha value is -0.800. The van der Waals surface area contributed by atoms with Crippen LogP contribution in [0.1, 0.15) is 47.0 Å². The summed E-state index contributed by atoms with van der Waals surface area (Å²) in [5.41, 5.74) is -0.996. The van der Waals surface area contributed by atoms with Crippen LogP contribution >= 0.6 is 0 Å². The van der Waals surface area contributed by atoms with E-state index >= 15 is 0 Å². The number of halogens is 1. The van der Waals surface area contributed by atoms with Gasteiger partial charge in [0.05, 0.1) is 58.4 Å². The van der Waals surface area contributed by atoms with Crippen molar-refractivity contribution in [3.63, 3.8) is 0 Å². The second-order valence-corrected chi connectivity index (χ2v) is 7.65. The molecule has 0 aromatic heterocycles. The number of unbranched alkanes of at least 4 members (excludes halogenated alkanes) is 1. The average Bonchev–Trinajstić information content (AvgIpc) is 2.70. The molecule has 0 aliphatic carbocycles. The first-order valence-corrected chi connectivity index (χ1v) is 10.8. The molecule has 1 amide bonds. The Kier molecular flexibility index (Phi) is 17.5. The Bertz CT molecular complexity index is 399. The van der Waals surface area contributed by atoms with Crippen LogP contribution in [0.3, 0.4) is 0 Å². The molecule has 0 saturated carbocycles. The van der Waals surface area contributed by atoms with Crippen LogP contribution < -0.4 is 10.6 Å². The van der Waals surface area contributed by atoms with Crippen molar-refractivity contribution >= 4 is 5.91 Å². The summed E-state index contributed by atoms with van der Waals surface area (Å²) in [5, 5.41) is 5.69. The maximum atomic E-state index is 14.5. The standard InChI is InChI=1S/C21H43FN2O5/c1-6-7-8-18(2)20(25)24-17-19(22)21(3,4)29-16-15-28-14-13-27-12-11-26-10-9-23-5/h18-19,23H,6-17H2,1-5H3,(H,24,25). The summed E-state index contributed by atoms with van der Waals surface area (Å²) in [4.78, 5) is 12.0. The van der Waals surface area contributed by atoms with E-state index in [-0.39, 0.29) is 25.0 Å². The van der Waals surface area contributed by atoms with Gasteiger partial charge in [0, 0.05) is 12.5 Å². The van der Waals surface area contributed by atoms with E-state index in [1.54, 1.807) is 13.8 Å². The molecule has 174 valence electrons. The number of ether oxygens (including phenoxy) is 4. The van der Waals surface area contributed by atoms with Gasteiger partial charge in [0.2, 0.25) is 5.91 Å². The van der Waals surface area contributed by atoms with E-state index < -0.39 is 11.8 Å². The Labute approximate surface area is 176 Å². The predicted molar refractivity (Wildman–Crippen MR) is 113 cm³/mol. The van der Waals surface area contributed by atoms with Gasteiger partial charge in [-0.05, 0) is 27.3 Å². The molecule has 0 heterocycles. The number of carbonyl (C=O) groups excluding carboxylic acids is 1. The summed E-state index contributed by atoms with van der Waals surface area (Å²) in [7, 11) is 1.88. The quantitative estimate of drug-likeness (QED) is 0.293. The van der Waals surface area contributed by atoms with Gasteiger partial charge in [-0.25, -0.2) is 4.39 Å². The largest absolute Gasteiger partial charge is 0.378 e. The van der Waals surface area contributed by atoms with E-state index in [1.807, 2.05) is 14.0 Å². The van der Waals surface area contributed by atoms with E-state index in [2.05, 4.69) is 17.6 Å². The van der Waals surface area contributed by atoms with Crippen LogP contribution in [0.25, 0.3) is 0 Å². The molecular weight excluding hydrogens is 379 g/mol. The molecule has 0 radical (unpaired) electrons. The molecule has 2 atom stereocenters. The van der Waals surface area contributed by atoms with Gasteiger partial charge in [0.1, 0.15) is 6.17 Å². The molecule has 0 aliphatic heterocycles. The number of likely N-dealkylation sites (N-methyl/N-ethyl adjacent to an activating group) is 1. The van der Waals surface area contributed by atoms with E-state index in [9.17, 15) is 9.18 Å². The predicted octanol–water partition coefficient (Wildman–Crippen LogP) is 2.33. The van der Waals surface area contributed by atoms with E-state index in [1.165, 1.54) is 0 Å². The molecule has 0 saturated heterocycles. The number of nitrogens with one attached hydrogen (secondary N) is 2. The lowest BCUT2D eigenvalue weighted by Crippen LogP contribution is -2.45. The lowest BCUT2D eigenvalue weighted by atomic mass is 10.0. The van der Waals surface area contributed by atoms with Crippen LogP contribution in [0.15, 0.2) is 0 Å². The fourth-order valence-electron chi connectivity index (χ4n) is 2.42. The van der Waals surface area contributed by atoms with Crippen LogP contribution in [0.5, 0.6) is 0 Å². The van der Waals surface area contributed by atoms with E-state index in [0.29, 0.717) is 39.6 Å². The minimum Gasteiger partial charge on any atom is -0.378 e. The van der Waals surface area contributed by atoms with Gasteiger partial charge in [0.25, 0.3) is 0 Å². The fourth-order valence-corrected chi connectivity index (χ4v) is 2.42. The van der Waals surface area contributed by atoms with Crippen molar-refractivity contribution in [1.82, 2.24) is 10.6 Å². The number of hydrogen-bond acceptors (Lipinski definition) is 6. The zero-order chi connectivity index (χ0) is 22.0. The highest BCUT2D eigenvalue weighted by Gasteiger charge is 2.31. The normalized spacial score (nSPS) is 14.0. The van der Waals surface area contributed by atoms with Crippen molar-refractivity contribution in [2.24, 2.45) is 5.92 Å². The molecule has 2 N–H and O–H groups in total. The molecule has 0 bridgehead atoms. The molecule has 0 fully saturated rings. The van der Waals surface area contributed by atoms with Crippen LogP contribution in [0, 0.1) is 5.92 Å². The highest BCUT2D eigenvalue weighted by Crippen LogP contribution is 2.18. The van der Waals surface area contributed by atoms with Crippen LogP contribution in [0.2, 0.25) is 0 Å². The highest BCUT2D eigenvalue weighted by molar-refractivity contribution is 5.78. The number of rotatable bonds is 20. The van der Waals surface area contributed by atoms with Gasteiger partial charge in [-0.1, -0.05) is 26.7 Å². The van der Waals surface area contributed by atoms with Crippen molar-refractivity contribution in [3.8, 4) is 0 Å². The van der Waals surface area contributed by atoms with Gasteiger partial charge >= 0.3 is 0 Å². The summed E-state index contributed by atoms with van der Waals surface area (Å²) in [6, 6.07) is 0. The van der Waals surface area contributed by atoms with Gasteiger partial charge in [-0.2, -0.15) is 0 Å². The average molecular weight is 423 g/mol. The molecule has 0 spiro atoms. The smallest absolute Gasteiger partial charge is 0.222 e. The second-order valence-electron chi connectivity index (χ2n) is 7.65. The van der Waals surface area contributed by atoms with Crippen molar-refractivity contribution in [3.05, 3.63) is 0 Å². The minimum absolute atomic E-state index is 0.0482. The maximum absolute atomic E-state index is 14.5. The Morgan fingerprint density at radius 3 is 2.10 bits per heavy atom. The maximum Gasteiger partial charge on any atom is 0.222 e. The Morgan fingerprint density at radius 2 is 1.55 bits per heavy atom. The molecule has 0 aliphatic rings. The lowest BCUT2D eigenvalue weighted by Gasteiger charge is -2.29. The molecule has 0 aromatic rings. The first-order valence-electron chi connectivity index (χ1n) is 10.8. The third kappa shape index (κ3) is 15.7. The molecule has 8 heteroatoms. The van der Waals surface area contributed by atoms with Crippen molar-refractivity contribution in [1.29, 1.82) is 0 Å². The van der Waals surface area contributed by atoms with E-state index in [0.717, 1.165) is 25.8 Å². The molecule has 29 heavy (non-hydrogen) atoms. The third-order valence-electron chi connectivity index (χ3n) is 4.59. The summed E-state index contributed by atoms with van der Waals surface area (Å²) >= 11 is 0. The van der Waals surface area contributed by atoms with Gasteiger partial charge in [0.15, 0.2) is 0 Å². The minimum atomic E-state index is -1.30. The Morgan fingerprint density at radius 1 is 1.00 bits per heavy atom. The van der Waals surface area contributed by atoms with Crippen molar-refractivity contribution in [2.75, 3.05) is 66.4 Å². The zero-order valence-corrected chi connectivity index (χ0v) is 19.1. The third-order valence-corrected chi connectivity index (χ3v) is 4.59. The molecule has 0 aromatic carbocycles. The van der Waals surface area contributed by atoms with Gasteiger partial charge < -0.3 is 29.6 Å². The second kappa shape index (κ2) is 18.0. The van der Waals surface area contributed by atoms with Gasteiger partial charge in [-0.15, -0.1) is 0 Å². The number of alkyl halides is 1. The van der Waals surface area contributed by atoms with Crippen molar-refractivity contribution < 1.29 is 28.1 Å². The SMILES string of the molecule is CCCCC(C)C(=O)NCC(F)C(C)(C)OCCOCCOCCOCCNC. The molecule has 7 nitrogen and oxygen atoms in total. The Balaban J connectivity index is 3.72. The van der Waals surface area contributed by atoms with E-state index in [4.69, 9.17) is 18.9 Å². The molecule has 2 unspecified atom stereocenters. The van der Waals surface area contributed by atoms with Crippen molar-refractivity contribution in [2.45, 2.75) is 58.7 Å². The van der Waals surface area contributed by atoms with Crippen LogP contribution in [-0.2, 0) is 23.7 Å². The first-order chi connectivity index (χ1) is 13.8. The highest BCUT2D eigenvalue weighted by atomic mass is 19.1. The van der Waals surface area contributed by atoms with Crippen LogP contribution in [0.4, 0.5) is 4.39 Å². The summed E-state index contributed by atoms with van der Waals surface area (Å²) in [6.07, 6.45) is 1.57. The molecular formula is C21H43FN2O5. The van der Waals surface area contributed by atoms with Gasteiger partial charge in [-0.3, -0.25) is 4.79 Å². The monoisotopic (exact) mass is 422 g/mol. The fraction of sp³-hybridized carbons (Fsp3) is 0.952. The zero-order valence-electron chi connectivity index (χ0n) is 19.1. The number of amides is 1. The summed E-state index contributed by atoms with van der Waals surface area (Å²) < 4.78 is 36.2. The first kappa shape index (κ1) is 28.2. The topological polar surface area (TPSA) is 78.1 Å². The molecule has 0 rings (SSSR count). The number of carbonyl (C=O) groups is 1. The number of hydrogen-bond donors (Lipinski definition) is 2. The summed E-state index contributed by atoms with van der Waals surface area (Å²) in [6.45, 7) is 11.4. The van der Waals surface area contributed by atoms with Crippen LogP contribution in [-0.4, -0.2) is 84.1 Å². The lowest BCUT2D eigenvalue weighted by molar-refractivity contribution is -0.126. The summed E-state index contributed by atoms with van der Waals surface area (Å²) in [5.74, 6) is -0.200.